The van der Waals surface area contributed by atoms with E-state index in [1.165, 1.54) is 18.3 Å². The fourth-order valence-electron chi connectivity index (χ4n) is 3.67. The largest absolute Gasteiger partial charge is 0.339 e. The molecule has 1 aliphatic carbocycles. The molecule has 1 aliphatic rings. The number of hydrogen-bond acceptors (Lipinski definition) is 6. The maximum atomic E-state index is 12.2. The first-order valence-electron chi connectivity index (χ1n) is 11.7. The van der Waals surface area contributed by atoms with Crippen molar-refractivity contribution in [3.05, 3.63) is 65.2 Å². The third-order valence-electron chi connectivity index (χ3n) is 5.67. The van der Waals surface area contributed by atoms with Crippen molar-refractivity contribution < 1.29 is 19.6 Å². The monoisotopic (exact) mass is 487 g/mol. The second-order valence-electron chi connectivity index (χ2n) is 8.30. The zero-order chi connectivity index (χ0) is 25.8. The Balaban J connectivity index is 1.48. The highest BCUT2D eigenvalue weighted by atomic mass is 16.5. The lowest BCUT2D eigenvalue weighted by Crippen LogP contribution is -2.50. The molecule has 0 bridgehead atoms. The Morgan fingerprint density at radius 2 is 1.53 bits per heavy atom. The zero-order valence-electron chi connectivity index (χ0n) is 19.8. The summed E-state index contributed by atoms with van der Waals surface area (Å²) in [7, 11) is 0. The third-order valence-corrected chi connectivity index (χ3v) is 5.67. The number of carbonyl (C=O) groups is 3. The summed E-state index contributed by atoms with van der Waals surface area (Å²) in [5.74, 6) is 10.0. The van der Waals surface area contributed by atoms with E-state index < -0.39 is 17.9 Å². The highest BCUT2D eigenvalue weighted by molar-refractivity contribution is 5.97. The number of nitrogens with one attached hydrogen (secondary N) is 4. The van der Waals surface area contributed by atoms with Crippen LogP contribution in [0.15, 0.2) is 48.5 Å². The van der Waals surface area contributed by atoms with Crippen molar-refractivity contribution in [2.75, 3.05) is 18.4 Å². The Labute approximate surface area is 210 Å². The predicted molar refractivity (Wildman–Crippen MR) is 136 cm³/mol. The van der Waals surface area contributed by atoms with Gasteiger partial charge in [-0.15, -0.1) is 0 Å². The highest BCUT2D eigenvalue weighted by Crippen LogP contribution is 2.17. The van der Waals surface area contributed by atoms with Gasteiger partial charge >= 0.3 is 0 Å². The van der Waals surface area contributed by atoms with Gasteiger partial charge in [0.05, 0.1) is 6.54 Å². The van der Waals surface area contributed by atoms with E-state index in [9.17, 15) is 14.4 Å². The maximum absolute atomic E-state index is 12.2. The number of amides is 3. The van der Waals surface area contributed by atoms with Crippen molar-refractivity contribution in [2.24, 2.45) is 5.73 Å². The predicted octanol–water partition coefficient (Wildman–Crippen LogP) is 1.12. The van der Waals surface area contributed by atoms with Gasteiger partial charge in [0.15, 0.2) is 0 Å². The van der Waals surface area contributed by atoms with E-state index in [4.69, 9.17) is 10.9 Å². The molecule has 0 unspecified atom stereocenters. The number of hydroxylamine groups is 1. The topological polar surface area (TPSA) is 146 Å². The second-order valence-corrected chi connectivity index (χ2v) is 8.30. The fraction of sp³-hybridized carbons (Fsp3) is 0.296. The molecule has 7 N–H and O–H groups in total. The molecule has 2 aromatic rings. The van der Waals surface area contributed by atoms with Crippen LogP contribution in [0.4, 0.5) is 5.69 Å². The quantitative estimate of drug-likeness (QED) is 0.187. The summed E-state index contributed by atoms with van der Waals surface area (Å²) in [4.78, 5) is 35.7. The van der Waals surface area contributed by atoms with Crippen molar-refractivity contribution in [1.29, 1.82) is 0 Å². The van der Waals surface area contributed by atoms with Gasteiger partial charge in [-0.25, -0.2) is 5.48 Å². The van der Waals surface area contributed by atoms with Crippen LogP contribution in [-0.4, -0.2) is 48.1 Å². The molecule has 3 amide bonds. The van der Waals surface area contributed by atoms with Gasteiger partial charge in [0.25, 0.3) is 11.8 Å². The van der Waals surface area contributed by atoms with Crippen LogP contribution < -0.4 is 27.2 Å². The van der Waals surface area contributed by atoms with Crippen LogP contribution in [0, 0.1) is 23.7 Å². The van der Waals surface area contributed by atoms with Crippen molar-refractivity contribution in [3.63, 3.8) is 0 Å². The van der Waals surface area contributed by atoms with E-state index in [0.29, 0.717) is 29.4 Å². The van der Waals surface area contributed by atoms with Gasteiger partial charge in [0, 0.05) is 35.0 Å². The molecule has 36 heavy (non-hydrogen) atoms. The zero-order valence-corrected chi connectivity index (χ0v) is 19.8. The standard InChI is InChI=1S/C27H29N5O4/c28-17-24(27(35)32-36)31-26(34)21-13-9-19(10-14-21)5-1-2-6-20-11-15-23(16-12-20)30-25(33)18-29-22-7-3-4-8-22/h9-16,22,24,29,36H,3-4,7-8,17-18,28H2,(H,30,33)(H,31,34)(H,32,35)/t24-/m0/s1. The summed E-state index contributed by atoms with van der Waals surface area (Å²) in [6.07, 6.45) is 4.72. The maximum Gasteiger partial charge on any atom is 0.267 e. The molecule has 9 heteroatoms. The molecule has 1 atom stereocenters. The van der Waals surface area contributed by atoms with Crippen LogP contribution >= 0.6 is 0 Å². The molecular formula is C27H29N5O4. The molecule has 2 aromatic carbocycles. The molecule has 1 fully saturated rings. The lowest BCUT2D eigenvalue weighted by molar-refractivity contribution is -0.130. The van der Waals surface area contributed by atoms with Gasteiger partial charge in [0.1, 0.15) is 6.04 Å². The van der Waals surface area contributed by atoms with Crippen LogP contribution in [0.1, 0.15) is 47.2 Å². The van der Waals surface area contributed by atoms with E-state index in [2.05, 4.69) is 39.6 Å². The normalized spacial score (nSPS) is 13.4. The van der Waals surface area contributed by atoms with Crippen molar-refractivity contribution in [3.8, 4) is 23.7 Å². The van der Waals surface area contributed by atoms with E-state index >= 15 is 0 Å². The average Bonchev–Trinajstić information content (AvgIpc) is 3.43. The molecule has 9 nitrogen and oxygen atoms in total. The summed E-state index contributed by atoms with van der Waals surface area (Å²) in [6.45, 7) is 0.151. The molecule has 0 heterocycles. The number of rotatable bonds is 8. The summed E-state index contributed by atoms with van der Waals surface area (Å²) in [5.41, 5.74) is 9.35. The summed E-state index contributed by atoms with van der Waals surface area (Å²) in [6, 6.07) is 13.1. The molecule has 3 rings (SSSR count). The van der Waals surface area contributed by atoms with E-state index in [1.54, 1.807) is 36.4 Å². The van der Waals surface area contributed by atoms with Gasteiger partial charge in [-0.05, 0) is 73.2 Å². The van der Waals surface area contributed by atoms with Crippen LogP contribution in [0.2, 0.25) is 0 Å². The van der Waals surface area contributed by atoms with E-state index in [0.717, 1.165) is 18.4 Å². The minimum atomic E-state index is -1.04. The summed E-state index contributed by atoms with van der Waals surface area (Å²) >= 11 is 0. The van der Waals surface area contributed by atoms with E-state index in [1.807, 2.05) is 12.1 Å². The average molecular weight is 488 g/mol. The molecule has 0 radical (unpaired) electrons. The molecular weight excluding hydrogens is 458 g/mol. The van der Waals surface area contributed by atoms with Crippen LogP contribution in [0.25, 0.3) is 0 Å². The van der Waals surface area contributed by atoms with Crippen molar-refractivity contribution in [1.82, 2.24) is 16.1 Å². The van der Waals surface area contributed by atoms with Gasteiger partial charge in [-0.3, -0.25) is 19.6 Å². The van der Waals surface area contributed by atoms with Gasteiger partial charge in [-0.2, -0.15) is 0 Å². The Morgan fingerprint density at radius 3 is 2.08 bits per heavy atom. The van der Waals surface area contributed by atoms with Gasteiger partial charge in [0.2, 0.25) is 5.91 Å². The highest BCUT2D eigenvalue weighted by Gasteiger charge is 2.19. The lowest BCUT2D eigenvalue weighted by Gasteiger charge is -2.14. The number of benzene rings is 2. The van der Waals surface area contributed by atoms with Crippen molar-refractivity contribution in [2.45, 2.75) is 37.8 Å². The van der Waals surface area contributed by atoms with E-state index in [-0.39, 0.29) is 12.5 Å². The molecule has 0 aromatic heterocycles. The lowest BCUT2D eigenvalue weighted by atomic mass is 10.1. The number of carbonyl (C=O) groups excluding carboxylic acids is 3. The van der Waals surface area contributed by atoms with Crippen LogP contribution in [-0.2, 0) is 9.59 Å². The molecule has 186 valence electrons. The van der Waals surface area contributed by atoms with Gasteiger partial charge in [-0.1, -0.05) is 24.7 Å². The molecule has 1 saturated carbocycles. The van der Waals surface area contributed by atoms with Crippen molar-refractivity contribution >= 4 is 23.4 Å². The first kappa shape index (κ1) is 26.5. The number of nitrogens with two attached hydrogens (primary N) is 1. The SMILES string of the molecule is NC[C@H](NC(=O)c1ccc(C#CC#Cc2ccc(NC(=O)CNC3CCCC3)cc2)cc1)C(=O)NO. The summed E-state index contributed by atoms with van der Waals surface area (Å²) < 4.78 is 0. The molecule has 0 aliphatic heterocycles. The minimum Gasteiger partial charge on any atom is -0.339 e. The Morgan fingerprint density at radius 1 is 0.944 bits per heavy atom. The Hall–Kier alpha value is -4.15. The molecule has 0 spiro atoms. The third kappa shape index (κ3) is 8.26. The summed E-state index contributed by atoms with van der Waals surface area (Å²) in [5, 5.41) is 17.3. The first-order chi connectivity index (χ1) is 17.5. The fourth-order valence-corrected chi connectivity index (χ4v) is 3.67. The van der Waals surface area contributed by atoms with Crippen LogP contribution in [0.5, 0.6) is 0 Å². The first-order valence-corrected chi connectivity index (χ1v) is 11.7. The van der Waals surface area contributed by atoms with Crippen LogP contribution in [0.3, 0.4) is 0 Å². The molecule has 0 saturated heterocycles. The number of hydrogen-bond donors (Lipinski definition) is 6. The second kappa shape index (κ2) is 13.7. The number of anilines is 1. The smallest absolute Gasteiger partial charge is 0.267 e. The Bertz CT molecular complexity index is 1180. The van der Waals surface area contributed by atoms with Gasteiger partial charge < -0.3 is 21.7 Å². The minimum absolute atomic E-state index is 0.0649. The Kier molecular flexibility index (Phi) is 10.0.